The molecular formula is C20H24N4O5S2. The van der Waals surface area contributed by atoms with Gasteiger partial charge in [0.05, 0.1) is 27.5 Å². The highest BCUT2D eigenvalue weighted by molar-refractivity contribution is 7.90. The molecule has 0 aliphatic rings. The molecule has 1 aromatic carbocycles. The number of ether oxygens (including phenoxy) is 1. The molecule has 0 unspecified atom stereocenters. The molecular weight excluding hydrogens is 440 g/mol. The number of esters is 1. The molecule has 0 aliphatic heterocycles. The second-order valence-electron chi connectivity index (χ2n) is 7.75. The lowest BCUT2D eigenvalue weighted by atomic mass is 10.1. The molecule has 2 rings (SSSR count). The molecule has 0 saturated carbocycles. The average Bonchev–Trinajstić information content (AvgIpc) is 2.98. The maximum Gasteiger partial charge on any atom is 0.321 e. The number of anilines is 1. The van der Waals surface area contributed by atoms with E-state index in [1.165, 1.54) is 23.5 Å². The molecule has 0 radical (unpaired) electrons. The van der Waals surface area contributed by atoms with Crippen LogP contribution in [0.25, 0.3) is 10.4 Å². The lowest BCUT2D eigenvalue weighted by Gasteiger charge is -2.19. The second kappa shape index (κ2) is 9.45. The van der Waals surface area contributed by atoms with Crippen molar-refractivity contribution in [3.63, 3.8) is 0 Å². The van der Waals surface area contributed by atoms with Crippen LogP contribution in [0, 0.1) is 18.3 Å². The van der Waals surface area contributed by atoms with Gasteiger partial charge in [-0.3, -0.25) is 10.1 Å². The van der Waals surface area contributed by atoms with Crippen molar-refractivity contribution in [2.75, 3.05) is 18.1 Å². The maximum absolute atomic E-state index is 12.1. The molecule has 9 nitrogen and oxygen atoms in total. The summed E-state index contributed by atoms with van der Waals surface area (Å²) >= 11 is 1.19. The number of carbonyl (C=O) groups is 2. The van der Waals surface area contributed by atoms with Crippen molar-refractivity contribution in [1.29, 1.82) is 5.26 Å². The fraction of sp³-hybridized carbons (Fsp3) is 0.400. The number of aromatic nitrogens is 1. The van der Waals surface area contributed by atoms with Gasteiger partial charge in [0.25, 0.3) is 0 Å². The van der Waals surface area contributed by atoms with E-state index in [1.807, 2.05) is 6.07 Å². The minimum Gasteiger partial charge on any atom is -0.460 e. The van der Waals surface area contributed by atoms with E-state index in [-0.39, 0.29) is 23.4 Å². The van der Waals surface area contributed by atoms with Gasteiger partial charge < -0.3 is 10.1 Å². The number of sulfone groups is 1. The number of thiazole rings is 1. The fourth-order valence-corrected chi connectivity index (χ4v) is 4.39. The SMILES string of the molecule is Cc1nc(NC(=O)NCCC(=O)OC(C)(C)C)sc1-c1ccc(S(C)(=O)=O)c(C#N)c1. The third-order valence-electron chi connectivity index (χ3n) is 3.81. The van der Waals surface area contributed by atoms with Crippen LogP contribution in [0.1, 0.15) is 38.4 Å². The van der Waals surface area contributed by atoms with Gasteiger partial charge in [0.1, 0.15) is 11.7 Å². The summed E-state index contributed by atoms with van der Waals surface area (Å²) in [4.78, 5) is 28.7. The number of rotatable bonds is 6. The Labute approximate surface area is 185 Å². The number of nitrogens with one attached hydrogen (secondary N) is 2. The summed E-state index contributed by atoms with van der Waals surface area (Å²) in [7, 11) is -3.52. The lowest BCUT2D eigenvalue weighted by Crippen LogP contribution is -2.32. The molecule has 0 bridgehead atoms. The van der Waals surface area contributed by atoms with Gasteiger partial charge in [-0.1, -0.05) is 17.4 Å². The predicted octanol–water partition coefficient (Wildman–Crippen LogP) is 3.25. The fourth-order valence-electron chi connectivity index (χ4n) is 2.61. The lowest BCUT2D eigenvalue weighted by molar-refractivity contribution is -0.154. The number of benzene rings is 1. The summed E-state index contributed by atoms with van der Waals surface area (Å²) in [5.74, 6) is -0.411. The Morgan fingerprint density at radius 1 is 1.29 bits per heavy atom. The molecule has 0 spiro atoms. The van der Waals surface area contributed by atoms with Gasteiger partial charge in [0.2, 0.25) is 0 Å². The molecule has 1 aromatic heterocycles. The third-order valence-corrected chi connectivity index (χ3v) is 6.09. The van der Waals surface area contributed by atoms with Crippen LogP contribution in [0.3, 0.4) is 0 Å². The Kier molecular flexibility index (Phi) is 7.41. The number of nitrogens with zero attached hydrogens (tertiary/aromatic N) is 2. The Hall–Kier alpha value is -2.97. The Balaban J connectivity index is 2.06. The summed E-state index contributed by atoms with van der Waals surface area (Å²) in [6.07, 6.45) is 1.08. The highest BCUT2D eigenvalue weighted by atomic mass is 32.2. The molecule has 11 heteroatoms. The van der Waals surface area contributed by atoms with Gasteiger partial charge in [-0.2, -0.15) is 5.26 Å². The zero-order valence-corrected chi connectivity index (χ0v) is 19.5. The summed E-state index contributed by atoms with van der Waals surface area (Å²) in [5.41, 5.74) is 0.698. The standard InChI is InChI=1S/C20H24N4O5S2/c1-12-17(13-6-7-15(31(5,27)28)14(10-13)11-21)30-19(23-12)24-18(26)22-9-8-16(25)29-20(2,3)4/h6-7,10H,8-9H2,1-5H3,(H2,22,23,24,26). The van der Waals surface area contributed by atoms with Crippen LogP contribution in [-0.4, -0.2) is 43.8 Å². The minimum atomic E-state index is -3.52. The van der Waals surface area contributed by atoms with Crippen molar-refractivity contribution in [3.8, 4) is 16.5 Å². The van der Waals surface area contributed by atoms with E-state index in [4.69, 9.17) is 4.74 Å². The van der Waals surface area contributed by atoms with Crippen LogP contribution >= 0.6 is 11.3 Å². The summed E-state index contributed by atoms with van der Waals surface area (Å²) in [6, 6.07) is 5.86. The molecule has 2 aromatic rings. The van der Waals surface area contributed by atoms with E-state index in [0.29, 0.717) is 21.3 Å². The second-order valence-corrected chi connectivity index (χ2v) is 10.7. The molecule has 166 valence electrons. The Bertz CT molecular complexity index is 1140. The molecule has 0 saturated heterocycles. The first-order chi connectivity index (χ1) is 14.3. The van der Waals surface area contributed by atoms with E-state index in [0.717, 1.165) is 6.26 Å². The van der Waals surface area contributed by atoms with Gasteiger partial charge in [0, 0.05) is 12.8 Å². The number of carbonyl (C=O) groups excluding carboxylic acids is 2. The molecule has 0 aliphatic carbocycles. The number of urea groups is 1. The molecule has 0 atom stereocenters. The highest BCUT2D eigenvalue weighted by Crippen LogP contribution is 2.34. The maximum atomic E-state index is 12.1. The van der Waals surface area contributed by atoms with Crippen molar-refractivity contribution in [3.05, 3.63) is 29.5 Å². The van der Waals surface area contributed by atoms with E-state index < -0.39 is 27.4 Å². The molecule has 0 fully saturated rings. The first-order valence-corrected chi connectivity index (χ1v) is 12.0. The summed E-state index contributed by atoms with van der Waals surface area (Å²) in [5, 5.41) is 14.8. The van der Waals surface area contributed by atoms with Crippen molar-refractivity contribution in [2.45, 2.75) is 44.6 Å². The number of hydrogen-bond acceptors (Lipinski definition) is 8. The Morgan fingerprint density at radius 2 is 1.97 bits per heavy atom. The van der Waals surface area contributed by atoms with Crippen LogP contribution in [0.5, 0.6) is 0 Å². The average molecular weight is 465 g/mol. The third kappa shape index (κ3) is 7.04. The zero-order chi connectivity index (χ0) is 23.4. The monoisotopic (exact) mass is 464 g/mol. The number of aryl methyl sites for hydroxylation is 1. The Morgan fingerprint density at radius 3 is 2.55 bits per heavy atom. The van der Waals surface area contributed by atoms with Crippen LogP contribution in [0.2, 0.25) is 0 Å². The van der Waals surface area contributed by atoms with E-state index in [9.17, 15) is 23.3 Å². The van der Waals surface area contributed by atoms with Crippen LogP contribution in [0.4, 0.5) is 9.93 Å². The highest BCUT2D eigenvalue weighted by Gasteiger charge is 2.18. The normalized spacial score (nSPS) is 11.5. The van der Waals surface area contributed by atoms with Gasteiger partial charge in [0.15, 0.2) is 15.0 Å². The zero-order valence-electron chi connectivity index (χ0n) is 17.9. The molecule has 2 amide bonds. The summed E-state index contributed by atoms with van der Waals surface area (Å²) in [6.45, 7) is 7.15. The topological polar surface area (TPSA) is 138 Å². The van der Waals surface area contributed by atoms with E-state index in [1.54, 1.807) is 33.8 Å². The number of hydrogen-bond donors (Lipinski definition) is 2. The number of nitriles is 1. The van der Waals surface area contributed by atoms with E-state index >= 15 is 0 Å². The minimum absolute atomic E-state index is 0.0382. The first kappa shape index (κ1) is 24.3. The smallest absolute Gasteiger partial charge is 0.321 e. The van der Waals surface area contributed by atoms with Crippen LogP contribution in [-0.2, 0) is 19.4 Å². The van der Waals surface area contributed by atoms with Crippen LogP contribution in [0.15, 0.2) is 23.1 Å². The van der Waals surface area contributed by atoms with Gasteiger partial charge in [-0.25, -0.2) is 18.2 Å². The van der Waals surface area contributed by atoms with Gasteiger partial charge in [-0.15, -0.1) is 0 Å². The predicted molar refractivity (Wildman–Crippen MR) is 118 cm³/mol. The van der Waals surface area contributed by atoms with Gasteiger partial charge >= 0.3 is 12.0 Å². The van der Waals surface area contributed by atoms with Crippen molar-refractivity contribution < 1.29 is 22.7 Å². The first-order valence-electron chi connectivity index (χ1n) is 9.29. The van der Waals surface area contributed by atoms with Gasteiger partial charge in [-0.05, 0) is 45.4 Å². The quantitative estimate of drug-likeness (QED) is 0.626. The molecule has 1 heterocycles. The van der Waals surface area contributed by atoms with Crippen LogP contribution < -0.4 is 10.6 Å². The van der Waals surface area contributed by atoms with Crippen molar-refractivity contribution in [1.82, 2.24) is 10.3 Å². The number of amides is 2. The molecule has 2 N–H and O–H groups in total. The molecule has 31 heavy (non-hydrogen) atoms. The van der Waals surface area contributed by atoms with Crippen molar-refractivity contribution in [2.24, 2.45) is 0 Å². The van der Waals surface area contributed by atoms with E-state index in [2.05, 4.69) is 15.6 Å². The summed E-state index contributed by atoms with van der Waals surface area (Å²) < 4.78 is 28.8. The largest absolute Gasteiger partial charge is 0.460 e. The van der Waals surface area contributed by atoms with Crippen molar-refractivity contribution >= 4 is 38.3 Å².